The number of phenols is 1. The molecule has 1 unspecified atom stereocenters. The first-order chi connectivity index (χ1) is 42.0. The van der Waals surface area contributed by atoms with E-state index in [2.05, 4.69) is 75.4 Å². The van der Waals surface area contributed by atoms with Gasteiger partial charge in [0.25, 0.3) is 56.3 Å². The number of benzene rings is 6. The zero-order chi connectivity index (χ0) is 66.3. The molecule has 6 aromatic carbocycles. The van der Waals surface area contributed by atoms with Gasteiger partial charge < -0.3 is 32.1 Å². The third-order valence-electron chi connectivity index (χ3n) is 10.7. The largest absolute Gasteiger partial charge is 0.505 e. The maximum absolute atomic E-state index is 13.2. The number of nitro benzene ring substituents is 1. The number of anilines is 7. The van der Waals surface area contributed by atoms with Crippen LogP contribution in [0, 0.1) is 10.1 Å². The molecular formula is C40H32ClN13O28S8. The number of rotatable bonds is 28. The standard InChI is InChI=1S/C40H32ClN13O28S8/c41-37-47-39(43-17-1-5-22(26(11-17)45-38(42)56)50-52-28-16-32(88(68,69)70)27(15-33(28)89(71,72)73)44-23-6-2-18(54(57)58)12-30(23)86(62,63)64)49-40(48-37)46-25-8-4-20-21(36(25)90(74,75)76)14-29(84-81-78-59)34(35(20)55)53-51-24-7-3-19(13-31(24)87(65,66)67)83-80-77-9-10-85(61)82-79-60/h1-8,11-16,44,55,59-60H,9-10H2,(H3,42,45,56)(H,62,63,64)(H,65,66,67)(H,68,69,70)(H,71,72,73)(H,74,75,76)(H2,43,46,47,48,49). The minimum absolute atomic E-state index is 0.0322. The summed E-state index contributed by atoms with van der Waals surface area (Å²) in [4.78, 5) is 32.9. The van der Waals surface area contributed by atoms with Gasteiger partial charge in [-0.2, -0.15) is 61.4 Å². The van der Waals surface area contributed by atoms with Crippen LogP contribution in [0.1, 0.15) is 0 Å². The van der Waals surface area contributed by atoms with Gasteiger partial charge in [0.1, 0.15) is 47.2 Å². The number of carbonyl (C=O) groups excluding carboxylic acids is 1. The normalized spacial score (nSPS) is 12.8. The van der Waals surface area contributed by atoms with Crippen molar-refractivity contribution in [2.45, 2.75) is 34.3 Å². The van der Waals surface area contributed by atoms with E-state index in [-0.39, 0.29) is 40.7 Å². The molecule has 0 spiro atoms. The zero-order valence-corrected chi connectivity index (χ0v) is 50.3. The highest BCUT2D eigenvalue weighted by Crippen LogP contribution is 2.48. The lowest BCUT2D eigenvalue weighted by Crippen LogP contribution is -2.19. The molecular weight excluding hydrogens is 1400 g/mol. The summed E-state index contributed by atoms with van der Waals surface area (Å²) in [5.74, 6) is -2.34. The van der Waals surface area contributed by atoms with Crippen LogP contribution in [0.15, 0.2) is 140 Å². The maximum atomic E-state index is 13.2. The number of non-ortho nitro benzene ring substituents is 1. The van der Waals surface area contributed by atoms with Crippen LogP contribution >= 0.6 is 35.7 Å². The molecule has 0 saturated carbocycles. The summed E-state index contributed by atoms with van der Waals surface area (Å²) in [5, 5.41) is 69.9. The van der Waals surface area contributed by atoms with Crippen molar-refractivity contribution in [1.29, 1.82) is 0 Å². The molecule has 0 radical (unpaired) electrons. The highest BCUT2D eigenvalue weighted by Gasteiger charge is 2.29. The molecule has 480 valence electrons. The third-order valence-corrected chi connectivity index (χ3v) is 17.3. The van der Waals surface area contributed by atoms with Crippen molar-refractivity contribution in [3.05, 3.63) is 100 Å². The fourth-order valence-corrected chi connectivity index (χ4v) is 12.2. The van der Waals surface area contributed by atoms with Crippen LogP contribution < -0.4 is 27.0 Å². The van der Waals surface area contributed by atoms with Gasteiger partial charge >= 0.3 is 6.03 Å². The summed E-state index contributed by atoms with van der Waals surface area (Å²) in [7, 11) is -26.9. The zero-order valence-electron chi connectivity index (χ0n) is 43.0. The number of nitrogens with one attached hydrogen (secondary N) is 4. The van der Waals surface area contributed by atoms with Gasteiger partial charge in [-0.15, -0.1) is 29.1 Å². The summed E-state index contributed by atoms with van der Waals surface area (Å²) in [6, 6.07) is 10.4. The van der Waals surface area contributed by atoms with Crippen molar-refractivity contribution >= 4 is 183 Å². The van der Waals surface area contributed by atoms with Crippen molar-refractivity contribution in [3.8, 4) is 5.75 Å². The van der Waals surface area contributed by atoms with E-state index >= 15 is 0 Å². The number of nitrogens with two attached hydrogens (primary N) is 1. The first-order valence-corrected chi connectivity index (χ1v) is 32.9. The second kappa shape index (κ2) is 28.5. The lowest BCUT2D eigenvalue weighted by atomic mass is 10.1. The predicted octanol–water partition coefficient (Wildman–Crippen LogP) is 7.55. The fraction of sp³-hybridized carbons (Fsp3) is 0.0500. The highest BCUT2D eigenvalue weighted by molar-refractivity contribution is 7.95. The molecule has 0 aliphatic carbocycles. The minimum Gasteiger partial charge on any atom is -0.505 e. The molecule has 7 rings (SSSR count). The number of hydrogen-bond donors (Lipinski definition) is 13. The second-order valence-electron chi connectivity index (χ2n) is 16.5. The monoisotopic (exact) mass is 1430 g/mol. The van der Waals surface area contributed by atoms with Crippen LogP contribution in [0.2, 0.25) is 5.28 Å². The van der Waals surface area contributed by atoms with Gasteiger partial charge in [0.2, 0.25) is 17.2 Å². The molecule has 1 atom stereocenters. The fourth-order valence-electron chi connectivity index (χ4n) is 7.17. The molecule has 1 aromatic heterocycles. The van der Waals surface area contributed by atoms with Gasteiger partial charge in [0, 0.05) is 33.5 Å². The molecule has 41 nitrogen and oxygen atoms in total. The lowest BCUT2D eigenvalue weighted by Gasteiger charge is -2.15. The predicted molar refractivity (Wildman–Crippen MR) is 305 cm³/mol. The molecule has 0 aliphatic rings. The quantitative estimate of drug-likeness (QED) is 0.00428. The van der Waals surface area contributed by atoms with Crippen LogP contribution in [0.3, 0.4) is 0 Å². The van der Waals surface area contributed by atoms with E-state index in [0.717, 1.165) is 48.5 Å². The maximum Gasteiger partial charge on any atom is 0.316 e. The number of urea groups is 1. The summed E-state index contributed by atoms with van der Waals surface area (Å²) >= 11 is 4.55. The van der Waals surface area contributed by atoms with Gasteiger partial charge in [-0.05, 0) is 84.4 Å². The van der Waals surface area contributed by atoms with E-state index < -0.39 is 181 Å². The summed E-state index contributed by atoms with van der Waals surface area (Å²) in [6.45, 7) is -0.383. The molecule has 90 heavy (non-hydrogen) atoms. The Bertz CT molecular complexity index is 4710. The Morgan fingerprint density at radius 2 is 1.24 bits per heavy atom. The number of carbonyl (C=O) groups is 1. The first-order valence-electron chi connectivity index (χ1n) is 22.6. The van der Waals surface area contributed by atoms with Crippen molar-refractivity contribution in [3.63, 3.8) is 0 Å². The molecule has 7 aromatic rings. The minimum atomic E-state index is -5.50. The Morgan fingerprint density at radius 3 is 1.87 bits per heavy atom. The Balaban J connectivity index is 1.20. The third kappa shape index (κ3) is 17.9. The Labute approximate surface area is 517 Å². The van der Waals surface area contributed by atoms with Crippen LogP contribution in [0.25, 0.3) is 10.8 Å². The summed E-state index contributed by atoms with van der Waals surface area (Å²) in [5.41, 5.74) is -1.03. The number of nitro groups is 1. The van der Waals surface area contributed by atoms with E-state index in [0.29, 0.717) is 42.4 Å². The number of fused-ring (bicyclic) bond motifs is 1. The Hall–Kier alpha value is -7.97. The second-order valence-corrected chi connectivity index (χ2v) is 26.4. The van der Waals surface area contributed by atoms with Crippen LogP contribution in [-0.4, -0.2) is 123 Å². The number of aromatic hydroxyl groups is 1. The average Bonchev–Trinajstić information content (AvgIpc) is 0.769. The molecule has 50 heteroatoms. The number of primary amides is 1. The van der Waals surface area contributed by atoms with Crippen molar-refractivity contribution in [2.24, 2.45) is 26.2 Å². The van der Waals surface area contributed by atoms with E-state index in [1.54, 1.807) is 0 Å². The van der Waals surface area contributed by atoms with Gasteiger partial charge in [-0.25, -0.2) is 24.4 Å². The van der Waals surface area contributed by atoms with Crippen molar-refractivity contribution in [1.82, 2.24) is 15.0 Å². The van der Waals surface area contributed by atoms with Gasteiger partial charge in [-0.1, -0.05) is 10.1 Å². The smallest absolute Gasteiger partial charge is 0.316 e. The topological polar surface area (TPSA) is 627 Å². The van der Waals surface area contributed by atoms with Crippen LogP contribution in [0.5, 0.6) is 5.75 Å². The highest BCUT2D eigenvalue weighted by atomic mass is 35.5. The Morgan fingerprint density at radius 1 is 0.633 bits per heavy atom. The molecule has 0 aliphatic heterocycles. The van der Waals surface area contributed by atoms with Gasteiger partial charge in [0.05, 0.1) is 69.0 Å². The van der Waals surface area contributed by atoms with E-state index in [1.807, 2.05) is 0 Å². The number of hydrogen-bond acceptors (Lipinski definition) is 35. The van der Waals surface area contributed by atoms with Crippen molar-refractivity contribution in [2.75, 3.05) is 33.6 Å². The number of aromatic nitrogens is 3. The number of nitrogens with zero attached hydrogens (tertiary/aromatic N) is 8. The SMILES string of the molecule is NC(=O)Nc1cc(Nc2nc(Cl)nc(Nc3ccc4c(O)c(N=Nc5ccc(SOOCCS(=O)OOO)cc5S(=O)(=O)O)c(SOOO)cc4c3S(=O)(=O)O)n2)ccc1N=Nc1cc(S(=O)(=O)O)c(Nc2ccc([N+](=O)[O-])cc2S(=O)(=O)O)cc1S(=O)(=O)O. The average molecular weight is 1430 g/mol. The van der Waals surface area contributed by atoms with E-state index in [1.165, 1.54) is 6.07 Å². The van der Waals surface area contributed by atoms with Crippen LogP contribution in [0.4, 0.5) is 73.6 Å². The lowest BCUT2D eigenvalue weighted by molar-refractivity contribution is -0.435. The number of halogens is 1. The number of amides is 2. The Kier molecular flexibility index (Phi) is 22.0. The molecule has 2 amide bonds. The van der Waals surface area contributed by atoms with E-state index in [9.17, 15) is 89.1 Å². The first kappa shape index (κ1) is 69.5. The number of azo groups is 2. The van der Waals surface area contributed by atoms with Gasteiger partial charge in [-0.3, -0.25) is 32.9 Å². The molecule has 1 heterocycles. The molecule has 14 N–H and O–H groups in total. The van der Waals surface area contributed by atoms with Crippen LogP contribution in [-0.2, 0) is 89.6 Å². The molecule has 0 bridgehead atoms. The number of phenolic OH excluding ortho intramolecular Hbond substituents is 1. The van der Waals surface area contributed by atoms with E-state index in [4.69, 9.17) is 37.1 Å². The molecule has 0 saturated heterocycles. The molecule has 0 fully saturated rings. The summed E-state index contributed by atoms with van der Waals surface area (Å²) < 4.78 is 201. The summed E-state index contributed by atoms with van der Waals surface area (Å²) in [6.07, 6.45) is 0. The van der Waals surface area contributed by atoms with Gasteiger partial charge in [0.15, 0.2) is 16.8 Å². The van der Waals surface area contributed by atoms with Crippen molar-refractivity contribution < 1.29 is 122 Å².